The zero-order valence-electron chi connectivity index (χ0n) is 12.2. The predicted octanol–water partition coefficient (Wildman–Crippen LogP) is 5.13. The van der Waals surface area contributed by atoms with Crippen LogP contribution in [0.2, 0.25) is 0 Å². The van der Waals surface area contributed by atoms with Crippen molar-refractivity contribution in [2.24, 2.45) is 0 Å². The molecular formula is C18H16ClNO2. The summed E-state index contributed by atoms with van der Waals surface area (Å²) >= 11 is 6.21. The molecule has 3 aromatic rings. The zero-order chi connectivity index (χ0) is 15.5. The number of halogens is 1. The maximum atomic E-state index is 12.4. The summed E-state index contributed by atoms with van der Waals surface area (Å²) < 4.78 is 6.92. The van der Waals surface area contributed by atoms with E-state index in [-0.39, 0.29) is 12.0 Å². The van der Waals surface area contributed by atoms with Gasteiger partial charge in [0.05, 0.1) is 10.9 Å². The molecule has 0 aliphatic rings. The van der Waals surface area contributed by atoms with E-state index < -0.39 is 6.09 Å². The molecule has 0 N–H and O–H groups in total. The van der Waals surface area contributed by atoms with E-state index in [1.807, 2.05) is 61.5 Å². The van der Waals surface area contributed by atoms with Gasteiger partial charge < -0.3 is 4.74 Å². The van der Waals surface area contributed by atoms with Gasteiger partial charge in [0.25, 0.3) is 0 Å². The second-order valence-electron chi connectivity index (χ2n) is 5.13. The number of carbonyl (C=O) groups is 1. The first-order chi connectivity index (χ1) is 10.7. The molecule has 3 rings (SSSR count). The quantitative estimate of drug-likeness (QED) is 0.628. The molecule has 0 amide bonds. The third-order valence-electron chi connectivity index (χ3n) is 3.57. The van der Waals surface area contributed by atoms with Crippen molar-refractivity contribution in [3.63, 3.8) is 0 Å². The van der Waals surface area contributed by atoms with Crippen LogP contribution in [0.4, 0.5) is 4.79 Å². The van der Waals surface area contributed by atoms with Crippen molar-refractivity contribution < 1.29 is 9.53 Å². The van der Waals surface area contributed by atoms with Crippen LogP contribution >= 0.6 is 11.6 Å². The topological polar surface area (TPSA) is 31.2 Å². The van der Waals surface area contributed by atoms with Gasteiger partial charge in [-0.2, -0.15) is 0 Å². The van der Waals surface area contributed by atoms with E-state index in [0.29, 0.717) is 0 Å². The Kier molecular flexibility index (Phi) is 4.16. The minimum Gasteiger partial charge on any atom is -0.444 e. The highest BCUT2D eigenvalue weighted by molar-refractivity contribution is 6.21. The molecule has 1 aromatic heterocycles. The fourth-order valence-electron chi connectivity index (χ4n) is 2.46. The Hall–Kier alpha value is -2.26. The molecule has 0 aliphatic heterocycles. The highest BCUT2D eigenvalue weighted by atomic mass is 35.5. The summed E-state index contributed by atoms with van der Waals surface area (Å²) in [6.07, 6.45) is 1.36. The van der Waals surface area contributed by atoms with Crippen LogP contribution in [0, 0.1) is 0 Å². The molecule has 4 heteroatoms. The van der Waals surface area contributed by atoms with Crippen LogP contribution in [0.3, 0.4) is 0 Å². The maximum absolute atomic E-state index is 12.4. The van der Waals surface area contributed by atoms with Crippen molar-refractivity contribution in [1.29, 1.82) is 0 Å². The smallest absolute Gasteiger partial charge is 0.418 e. The molecule has 1 heterocycles. The number of nitrogens with zero attached hydrogens (tertiary/aromatic N) is 1. The number of alkyl halides is 1. The largest absolute Gasteiger partial charge is 0.444 e. The van der Waals surface area contributed by atoms with E-state index in [1.54, 1.807) is 6.20 Å². The lowest BCUT2D eigenvalue weighted by Crippen LogP contribution is -2.12. The van der Waals surface area contributed by atoms with Gasteiger partial charge in [-0.25, -0.2) is 4.79 Å². The summed E-state index contributed by atoms with van der Waals surface area (Å²) in [4.78, 5) is 12.4. The van der Waals surface area contributed by atoms with Gasteiger partial charge in [-0.15, -0.1) is 11.6 Å². The minimum absolute atomic E-state index is 0.173. The number of fused-ring (bicyclic) bond motifs is 1. The van der Waals surface area contributed by atoms with Crippen molar-refractivity contribution >= 4 is 28.6 Å². The number of ether oxygens (including phenoxy) is 1. The van der Waals surface area contributed by atoms with E-state index in [2.05, 4.69) is 0 Å². The lowest BCUT2D eigenvalue weighted by molar-refractivity contribution is 0.142. The van der Waals surface area contributed by atoms with E-state index >= 15 is 0 Å². The van der Waals surface area contributed by atoms with Crippen molar-refractivity contribution in [2.45, 2.75) is 18.9 Å². The Morgan fingerprint density at radius 3 is 2.55 bits per heavy atom. The van der Waals surface area contributed by atoms with Gasteiger partial charge in [-0.1, -0.05) is 48.5 Å². The van der Waals surface area contributed by atoms with Gasteiger partial charge >= 0.3 is 6.09 Å². The molecule has 0 saturated carbocycles. The molecule has 0 radical (unpaired) electrons. The van der Waals surface area contributed by atoms with Crippen LogP contribution in [0.1, 0.15) is 23.4 Å². The van der Waals surface area contributed by atoms with Crippen LogP contribution < -0.4 is 0 Å². The first-order valence-corrected chi connectivity index (χ1v) is 7.55. The fourth-order valence-corrected chi connectivity index (χ4v) is 2.64. The molecule has 0 saturated heterocycles. The summed E-state index contributed by atoms with van der Waals surface area (Å²) in [6.45, 7) is 2.14. The highest BCUT2D eigenvalue weighted by Gasteiger charge is 2.16. The Morgan fingerprint density at radius 2 is 1.82 bits per heavy atom. The molecule has 0 fully saturated rings. The Morgan fingerprint density at radius 1 is 1.14 bits per heavy atom. The van der Waals surface area contributed by atoms with Crippen LogP contribution in [0.15, 0.2) is 60.8 Å². The number of rotatable bonds is 3. The van der Waals surface area contributed by atoms with Gasteiger partial charge in [0, 0.05) is 11.6 Å². The molecule has 1 atom stereocenters. The van der Waals surface area contributed by atoms with Gasteiger partial charge in [0.2, 0.25) is 0 Å². The molecular weight excluding hydrogens is 298 g/mol. The molecule has 112 valence electrons. The first-order valence-electron chi connectivity index (χ1n) is 7.12. The van der Waals surface area contributed by atoms with Crippen LogP contribution in [0.5, 0.6) is 0 Å². The summed E-state index contributed by atoms with van der Waals surface area (Å²) in [6, 6.07) is 17.3. The van der Waals surface area contributed by atoms with E-state index in [1.165, 1.54) is 4.57 Å². The second-order valence-corrected chi connectivity index (χ2v) is 5.78. The molecule has 1 unspecified atom stereocenters. The monoisotopic (exact) mass is 313 g/mol. The van der Waals surface area contributed by atoms with Crippen molar-refractivity contribution in [3.05, 3.63) is 71.9 Å². The van der Waals surface area contributed by atoms with Crippen molar-refractivity contribution in [1.82, 2.24) is 4.57 Å². The van der Waals surface area contributed by atoms with Gasteiger partial charge in [-0.3, -0.25) is 4.57 Å². The van der Waals surface area contributed by atoms with Crippen LogP contribution in [-0.2, 0) is 11.3 Å². The molecule has 3 nitrogen and oxygen atoms in total. The maximum Gasteiger partial charge on any atom is 0.418 e. The summed E-state index contributed by atoms with van der Waals surface area (Å²) in [5.41, 5.74) is 2.69. The number of carbonyl (C=O) groups excluding carboxylic acids is 1. The Bertz CT molecular complexity index is 793. The highest BCUT2D eigenvalue weighted by Crippen LogP contribution is 2.30. The standard InChI is InChI=1S/C18H16ClNO2/c1-13(19)16-11-20(17-10-6-5-9-15(16)17)18(21)22-12-14-7-3-2-4-8-14/h2-11,13H,12H2,1H3. The molecule has 0 aliphatic carbocycles. The number of hydrogen-bond donors (Lipinski definition) is 0. The lowest BCUT2D eigenvalue weighted by atomic mass is 10.1. The number of hydrogen-bond acceptors (Lipinski definition) is 2. The third kappa shape index (κ3) is 2.85. The molecule has 2 aromatic carbocycles. The fraction of sp³-hybridized carbons (Fsp3) is 0.167. The lowest BCUT2D eigenvalue weighted by Gasteiger charge is -2.06. The average molecular weight is 314 g/mol. The Balaban J connectivity index is 1.88. The molecule has 22 heavy (non-hydrogen) atoms. The SMILES string of the molecule is CC(Cl)c1cn(C(=O)OCc2ccccc2)c2ccccc12. The number of para-hydroxylation sites is 1. The average Bonchev–Trinajstić information content (AvgIpc) is 2.93. The third-order valence-corrected chi connectivity index (χ3v) is 3.81. The molecule has 0 spiro atoms. The van der Waals surface area contributed by atoms with E-state index in [0.717, 1.165) is 22.0 Å². The van der Waals surface area contributed by atoms with Gasteiger partial charge in [-0.05, 0) is 24.1 Å². The van der Waals surface area contributed by atoms with Crippen molar-refractivity contribution in [2.75, 3.05) is 0 Å². The first kappa shape index (κ1) is 14.7. The van der Waals surface area contributed by atoms with Crippen molar-refractivity contribution in [3.8, 4) is 0 Å². The van der Waals surface area contributed by atoms with E-state index in [9.17, 15) is 4.79 Å². The normalized spacial score (nSPS) is 12.3. The number of aromatic nitrogens is 1. The van der Waals surface area contributed by atoms with E-state index in [4.69, 9.17) is 16.3 Å². The minimum atomic E-state index is -0.399. The Labute approximate surface area is 134 Å². The molecule has 0 bridgehead atoms. The van der Waals surface area contributed by atoms with Crippen LogP contribution in [-0.4, -0.2) is 10.7 Å². The van der Waals surface area contributed by atoms with Gasteiger partial charge in [0.1, 0.15) is 6.61 Å². The summed E-state index contributed by atoms with van der Waals surface area (Å²) in [5, 5.41) is 0.801. The van der Waals surface area contributed by atoms with Crippen LogP contribution in [0.25, 0.3) is 10.9 Å². The zero-order valence-corrected chi connectivity index (χ0v) is 13.0. The summed E-state index contributed by atoms with van der Waals surface area (Å²) in [5.74, 6) is 0. The number of benzene rings is 2. The second kappa shape index (κ2) is 6.24. The predicted molar refractivity (Wildman–Crippen MR) is 88.2 cm³/mol. The summed E-state index contributed by atoms with van der Waals surface area (Å²) in [7, 11) is 0. The van der Waals surface area contributed by atoms with Gasteiger partial charge in [0.15, 0.2) is 0 Å².